The van der Waals surface area contributed by atoms with E-state index in [0.29, 0.717) is 11.2 Å². The number of imidazole rings is 1. The van der Waals surface area contributed by atoms with Gasteiger partial charge in [0.05, 0.1) is 11.7 Å². The van der Waals surface area contributed by atoms with Gasteiger partial charge in [0.15, 0.2) is 5.16 Å². The molecule has 0 radical (unpaired) electrons. The van der Waals surface area contributed by atoms with Gasteiger partial charge in [0, 0.05) is 11.4 Å². The smallest absolute Gasteiger partial charge is 0.166 e. The van der Waals surface area contributed by atoms with Crippen LogP contribution >= 0.6 is 11.8 Å². The number of H-pyrrole nitrogens is 1. The summed E-state index contributed by atoms with van der Waals surface area (Å²) >= 11 is 1.78. The van der Waals surface area contributed by atoms with E-state index < -0.39 is 0 Å². The second kappa shape index (κ2) is 4.23. The Bertz CT molecular complexity index is 417. The van der Waals surface area contributed by atoms with E-state index in [1.54, 1.807) is 24.2 Å². The first-order chi connectivity index (χ1) is 7.16. The molecule has 2 aromatic heterocycles. The zero-order valence-corrected chi connectivity index (χ0v) is 10.0. The third-order valence-corrected chi connectivity index (χ3v) is 3.83. The Labute approximate surface area is 93.7 Å². The lowest BCUT2D eigenvalue weighted by Crippen LogP contribution is -2.05. The number of hydrogen-bond acceptors (Lipinski definition) is 3. The molecule has 2 rings (SSSR count). The molecule has 0 amide bonds. The summed E-state index contributed by atoms with van der Waals surface area (Å²) in [4.78, 5) is 11.8. The highest BCUT2D eigenvalue weighted by Crippen LogP contribution is 2.26. The summed E-state index contributed by atoms with van der Waals surface area (Å²) in [5.41, 5.74) is 2.00. The minimum absolute atomic E-state index is 0.568. The molecule has 15 heavy (non-hydrogen) atoms. The highest BCUT2D eigenvalue weighted by atomic mass is 32.2. The van der Waals surface area contributed by atoms with Gasteiger partial charge in [-0.3, -0.25) is 4.98 Å². The van der Waals surface area contributed by atoms with Gasteiger partial charge in [0.2, 0.25) is 0 Å². The number of hydrogen-bond donors (Lipinski definition) is 1. The van der Waals surface area contributed by atoms with E-state index in [9.17, 15) is 0 Å². The fourth-order valence-corrected chi connectivity index (χ4v) is 2.15. The van der Waals surface area contributed by atoms with Crippen molar-refractivity contribution in [1.29, 1.82) is 0 Å². The summed E-state index contributed by atoms with van der Waals surface area (Å²) in [6, 6.07) is 1.95. The topological polar surface area (TPSA) is 41.6 Å². The van der Waals surface area contributed by atoms with Crippen molar-refractivity contribution in [2.24, 2.45) is 5.92 Å². The van der Waals surface area contributed by atoms with Crippen molar-refractivity contribution >= 4 is 22.8 Å². The van der Waals surface area contributed by atoms with Crippen LogP contribution < -0.4 is 0 Å². The second-order valence-corrected chi connectivity index (χ2v) is 5.37. The first kappa shape index (κ1) is 10.5. The summed E-state index contributed by atoms with van der Waals surface area (Å²) in [6.07, 6.45) is 3.57. The lowest BCUT2D eigenvalue weighted by Gasteiger charge is -2.12. The molecule has 3 nitrogen and oxygen atoms in total. The molecule has 0 aliphatic carbocycles. The second-order valence-electron chi connectivity index (χ2n) is 4.00. The molecule has 0 bridgehead atoms. The number of fused-ring (bicyclic) bond motifs is 1. The van der Waals surface area contributed by atoms with Crippen LogP contribution in [0.25, 0.3) is 11.0 Å². The van der Waals surface area contributed by atoms with Gasteiger partial charge in [-0.25, -0.2) is 4.98 Å². The van der Waals surface area contributed by atoms with E-state index in [0.717, 1.165) is 16.2 Å². The van der Waals surface area contributed by atoms with Crippen molar-refractivity contribution in [3.05, 3.63) is 18.5 Å². The van der Waals surface area contributed by atoms with Gasteiger partial charge < -0.3 is 4.98 Å². The molecular weight excluding hydrogens is 206 g/mol. The monoisotopic (exact) mass is 221 g/mol. The average molecular weight is 221 g/mol. The highest BCUT2D eigenvalue weighted by molar-refractivity contribution is 7.99. The minimum atomic E-state index is 0.568. The van der Waals surface area contributed by atoms with Crippen LogP contribution in [0.5, 0.6) is 0 Å². The number of aromatic amines is 1. The molecule has 0 fully saturated rings. The van der Waals surface area contributed by atoms with Gasteiger partial charge in [0.25, 0.3) is 0 Å². The van der Waals surface area contributed by atoms with Crippen LogP contribution in [-0.2, 0) is 0 Å². The largest absolute Gasteiger partial charge is 0.333 e. The molecule has 2 heterocycles. The van der Waals surface area contributed by atoms with Crippen molar-refractivity contribution in [3.63, 3.8) is 0 Å². The maximum absolute atomic E-state index is 4.48. The van der Waals surface area contributed by atoms with E-state index in [2.05, 4.69) is 35.7 Å². The van der Waals surface area contributed by atoms with Gasteiger partial charge in [-0.1, -0.05) is 32.5 Å². The molecule has 0 aromatic carbocycles. The first-order valence-electron chi connectivity index (χ1n) is 5.13. The van der Waals surface area contributed by atoms with Crippen LogP contribution in [0.1, 0.15) is 20.8 Å². The normalized spacial score (nSPS) is 13.6. The summed E-state index contributed by atoms with van der Waals surface area (Å²) in [5.74, 6) is 0.654. The molecule has 0 spiro atoms. The summed E-state index contributed by atoms with van der Waals surface area (Å²) in [6.45, 7) is 6.67. The fourth-order valence-electron chi connectivity index (χ4n) is 1.20. The van der Waals surface area contributed by atoms with Gasteiger partial charge in [-0.2, -0.15) is 0 Å². The third kappa shape index (κ3) is 2.31. The fraction of sp³-hybridized carbons (Fsp3) is 0.455. The number of thioether (sulfide) groups is 1. The SMILES string of the molecule is CC(C)C(C)Sc1nc2cnccc2[nH]1. The van der Waals surface area contributed by atoms with Gasteiger partial charge in [0.1, 0.15) is 5.52 Å². The number of rotatable bonds is 3. The molecule has 4 heteroatoms. The molecule has 1 N–H and O–H groups in total. The van der Waals surface area contributed by atoms with Gasteiger partial charge in [-0.05, 0) is 12.0 Å². The average Bonchev–Trinajstić information content (AvgIpc) is 2.59. The predicted molar refractivity (Wildman–Crippen MR) is 64.0 cm³/mol. The number of nitrogens with one attached hydrogen (secondary N) is 1. The van der Waals surface area contributed by atoms with Crippen LogP contribution in [-0.4, -0.2) is 20.2 Å². The molecule has 2 aromatic rings. The van der Waals surface area contributed by atoms with E-state index in [4.69, 9.17) is 0 Å². The zero-order valence-electron chi connectivity index (χ0n) is 9.19. The molecule has 0 saturated carbocycles. The Morgan fingerprint density at radius 1 is 1.33 bits per heavy atom. The van der Waals surface area contributed by atoms with Gasteiger partial charge in [-0.15, -0.1) is 0 Å². The molecule has 1 atom stereocenters. The quantitative estimate of drug-likeness (QED) is 0.810. The molecular formula is C11H15N3S. The highest BCUT2D eigenvalue weighted by Gasteiger charge is 2.11. The zero-order chi connectivity index (χ0) is 10.8. The van der Waals surface area contributed by atoms with Crippen LogP contribution in [0, 0.1) is 5.92 Å². The maximum atomic E-state index is 4.48. The predicted octanol–water partition coefficient (Wildman–Crippen LogP) is 3.09. The molecule has 1 unspecified atom stereocenters. The van der Waals surface area contributed by atoms with Gasteiger partial charge >= 0.3 is 0 Å². The van der Waals surface area contributed by atoms with E-state index in [1.807, 2.05) is 6.07 Å². The lowest BCUT2D eigenvalue weighted by atomic mass is 10.2. The van der Waals surface area contributed by atoms with E-state index in [-0.39, 0.29) is 0 Å². The third-order valence-electron chi connectivity index (χ3n) is 2.50. The van der Waals surface area contributed by atoms with Crippen LogP contribution in [0.3, 0.4) is 0 Å². The minimum Gasteiger partial charge on any atom is -0.333 e. The van der Waals surface area contributed by atoms with E-state index >= 15 is 0 Å². The Kier molecular flexibility index (Phi) is 2.95. The Morgan fingerprint density at radius 3 is 2.80 bits per heavy atom. The van der Waals surface area contributed by atoms with Crippen molar-refractivity contribution in [3.8, 4) is 0 Å². The van der Waals surface area contributed by atoms with Crippen molar-refractivity contribution in [2.45, 2.75) is 31.2 Å². The Hall–Kier alpha value is -1.03. The molecule has 0 aliphatic heterocycles. The van der Waals surface area contributed by atoms with E-state index in [1.165, 1.54) is 0 Å². The van der Waals surface area contributed by atoms with Crippen LogP contribution in [0.15, 0.2) is 23.6 Å². The molecule has 0 aliphatic rings. The number of nitrogens with zero attached hydrogens (tertiary/aromatic N) is 2. The summed E-state index contributed by atoms with van der Waals surface area (Å²) in [5, 5.41) is 1.55. The summed E-state index contributed by atoms with van der Waals surface area (Å²) < 4.78 is 0. The standard InChI is InChI=1S/C11H15N3S/c1-7(2)8(3)15-11-13-9-4-5-12-6-10(9)14-11/h4-8H,1-3H3,(H,13,14). The Balaban J connectivity index is 2.22. The Morgan fingerprint density at radius 2 is 2.13 bits per heavy atom. The van der Waals surface area contributed by atoms with Crippen LogP contribution in [0.4, 0.5) is 0 Å². The van der Waals surface area contributed by atoms with Crippen molar-refractivity contribution < 1.29 is 0 Å². The number of aromatic nitrogens is 3. The van der Waals surface area contributed by atoms with Crippen LogP contribution in [0.2, 0.25) is 0 Å². The maximum Gasteiger partial charge on any atom is 0.166 e. The molecule has 0 saturated heterocycles. The van der Waals surface area contributed by atoms with Crippen molar-refractivity contribution in [1.82, 2.24) is 15.0 Å². The number of pyridine rings is 1. The summed E-state index contributed by atoms with van der Waals surface area (Å²) in [7, 11) is 0. The molecule has 80 valence electrons. The lowest BCUT2D eigenvalue weighted by molar-refractivity contribution is 0.641. The first-order valence-corrected chi connectivity index (χ1v) is 6.01. The van der Waals surface area contributed by atoms with Crippen molar-refractivity contribution in [2.75, 3.05) is 0 Å².